The zero-order valence-electron chi connectivity index (χ0n) is 23.7. The van der Waals surface area contributed by atoms with Gasteiger partial charge >= 0.3 is 0 Å². The van der Waals surface area contributed by atoms with Crippen molar-refractivity contribution in [3.05, 3.63) is 111 Å². The van der Waals surface area contributed by atoms with Crippen molar-refractivity contribution in [2.24, 2.45) is 0 Å². The van der Waals surface area contributed by atoms with E-state index in [0.717, 1.165) is 64.6 Å². The molecule has 1 atom stereocenters. The molecule has 41 heavy (non-hydrogen) atoms. The summed E-state index contributed by atoms with van der Waals surface area (Å²) in [7, 11) is 1.66. The van der Waals surface area contributed by atoms with Crippen LogP contribution >= 0.6 is 0 Å². The Hall–Kier alpha value is -4.37. The van der Waals surface area contributed by atoms with Crippen LogP contribution in [0.5, 0.6) is 5.75 Å². The van der Waals surface area contributed by atoms with Gasteiger partial charge < -0.3 is 9.72 Å². The lowest BCUT2D eigenvalue weighted by atomic mass is 9.98. The minimum atomic E-state index is -0.499. The number of aromatic nitrogens is 6. The fourth-order valence-electron chi connectivity index (χ4n) is 6.01. The van der Waals surface area contributed by atoms with Crippen LogP contribution in [0.2, 0.25) is 0 Å². The van der Waals surface area contributed by atoms with E-state index in [0.29, 0.717) is 24.5 Å². The van der Waals surface area contributed by atoms with Gasteiger partial charge in [-0.2, -0.15) is 0 Å². The minimum Gasteiger partial charge on any atom is -0.497 e. The van der Waals surface area contributed by atoms with Crippen LogP contribution < -0.4 is 10.3 Å². The molecule has 9 heteroatoms. The Kier molecular flexibility index (Phi) is 7.61. The van der Waals surface area contributed by atoms with Crippen LogP contribution in [0.3, 0.4) is 0 Å². The highest BCUT2D eigenvalue weighted by molar-refractivity contribution is 5.85. The van der Waals surface area contributed by atoms with Gasteiger partial charge in [-0.05, 0) is 83.6 Å². The Morgan fingerprint density at radius 1 is 1.02 bits per heavy atom. The number of pyridine rings is 2. The van der Waals surface area contributed by atoms with Crippen LogP contribution in [0.15, 0.2) is 71.8 Å². The van der Waals surface area contributed by atoms with E-state index < -0.39 is 6.04 Å². The lowest BCUT2D eigenvalue weighted by Crippen LogP contribution is -2.35. The number of H-pyrrole nitrogens is 1. The first-order valence-electron chi connectivity index (χ1n) is 14.2. The molecule has 6 rings (SSSR count). The standard InChI is InChI=1S/C32H35N7O2/c1-21-10-11-22(2)29-27(21)17-28(32(40)34-29)30(31-35-36-37-39(31)25-8-4-5-9-25)38(20-24-7-6-16-33-18-24)19-23-12-14-26(41-3)15-13-23/h6-7,10-18,25,30H,4-5,8-9,19-20H2,1-3H3,(H,34,40). The highest BCUT2D eigenvalue weighted by Gasteiger charge is 2.33. The van der Waals surface area contributed by atoms with Gasteiger partial charge in [0.25, 0.3) is 5.56 Å². The number of hydrogen-bond acceptors (Lipinski definition) is 7. The molecule has 0 amide bonds. The normalized spacial score (nSPS) is 14.6. The Balaban J connectivity index is 1.55. The predicted molar refractivity (Wildman–Crippen MR) is 158 cm³/mol. The SMILES string of the molecule is COc1ccc(CN(Cc2cccnc2)C(c2cc3c(C)ccc(C)c3[nH]c2=O)c2nnnn2C2CCCC2)cc1. The molecule has 0 saturated heterocycles. The van der Waals surface area contributed by atoms with Crippen molar-refractivity contribution in [3.8, 4) is 5.75 Å². The van der Waals surface area contributed by atoms with Crippen LogP contribution in [0.4, 0.5) is 0 Å². The van der Waals surface area contributed by atoms with Gasteiger partial charge in [0.2, 0.25) is 0 Å². The lowest BCUT2D eigenvalue weighted by molar-refractivity contribution is 0.190. The smallest absolute Gasteiger partial charge is 0.253 e. The Bertz CT molecular complexity index is 1690. The van der Waals surface area contributed by atoms with E-state index in [1.807, 2.05) is 48.1 Å². The van der Waals surface area contributed by atoms with Gasteiger partial charge in [-0.3, -0.25) is 14.7 Å². The third-order valence-electron chi connectivity index (χ3n) is 8.22. The Morgan fingerprint density at radius 3 is 2.51 bits per heavy atom. The van der Waals surface area contributed by atoms with Crippen molar-refractivity contribution in [2.75, 3.05) is 7.11 Å². The summed E-state index contributed by atoms with van der Waals surface area (Å²) in [4.78, 5) is 23.8. The van der Waals surface area contributed by atoms with Gasteiger partial charge in [0.15, 0.2) is 5.82 Å². The average Bonchev–Trinajstić information content (AvgIpc) is 3.69. The van der Waals surface area contributed by atoms with E-state index in [-0.39, 0.29) is 11.6 Å². The Morgan fingerprint density at radius 2 is 1.78 bits per heavy atom. The number of rotatable bonds is 9. The number of nitrogens with one attached hydrogen (secondary N) is 1. The first-order valence-corrected chi connectivity index (χ1v) is 14.2. The molecule has 210 valence electrons. The summed E-state index contributed by atoms with van der Waals surface area (Å²) < 4.78 is 7.37. The van der Waals surface area contributed by atoms with Crippen molar-refractivity contribution in [1.82, 2.24) is 35.1 Å². The molecule has 5 aromatic rings. The van der Waals surface area contributed by atoms with E-state index in [1.165, 1.54) is 0 Å². The molecular formula is C32H35N7O2. The van der Waals surface area contributed by atoms with Crippen molar-refractivity contribution in [1.29, 1.82) is 0 Å². The van der Waals surface area contributed by atoms with Crippen LogP contribution in [0.1, 0.15) is 71.4 Å². The second-order valence-corrected chi connectivity index (χ2v) is 11.0. The highest BCUT2D eigenvalue weighted by Crippen LogP contribution is 2.35. The molecule has 3 aromatic heterocycles. The summed E-state index contributed by atoms with van der Waals surface area (Å²) in [5.41, 5.74) is 5.61. The third kappa shape index (κ3) is 5.50. The fraction of sp³-hybridized carbons (Fsp3) is 0.344. The molecule has 1 unspecified atom stereocenters. The fourth-order valence-corrected chi connectivity index (χ4v) is 6.01. The number of aromatic amines is 1. The molecule has 3 heterocycles. The van der Waals surface area contributed by atoms with Gasteiger partial charge in [-0.15, -0.1) is 5.10 Å². The molecule has 0 bridgehead atoms. The van der Waals surface area contributed by atoms with Crippen molar-refractivity contribution >= 4 is 10.9 Å². The molecule has 9 nitrogen and oxygen atoms in total. The number of methoxy groups -OCH3 is 1. The number of fused-ring (bicyclic) bond motifs is 1. The number of hydrogen-bond donors (Lipinski definition) is 1. The van der Waals surface area contributed by atoms with Crippen molar-refractivity contribution < 1.29 is 4.74 Å². The summed E-state index contributed by atoms with van der Waals surface area (Å²) >= 11 is 0. The van der Waals surface area contributed by atoms with Crippen LogP contribution in [0.25, 0.3) is 10.9 Å². The first-order chi connectivity index (χ1) is 20.0. The number of ether oxygens (including phenoxy) is 1. The monoisotopic (exact) mass is 549 g/mol. The first kappa shape index (κ1) is 26.8. The van der Waals surface area contributed by atoms with Crippen molar-refractivity contribution in [3.63, 3.8) is 0 Å². The third-order valence-corrected chi connectivity index (χ3v) is 8.22. The van der Waals surface area contributed by atoms with E-state index in [9.17, 15) is 4.79 Å². The summed E-state index contributed by atoms with van der Waals surface area (Å²) in [6.07, 6.45) is 7.99. The second kappa shape index (κ2) is 11.6. The molecule has 1 aliphatic rings. The zero-order valence-corrected chi connectivity index (χ0v) is 23.7. The molecule has 1 aliphatic carbocycles. The minimum absolute atomic E-state index is 0.136. The van der Waals surface area contributed by atoms with E-state index in [4.69, 9.17) is 4.74 Å². The maximum absolute atomic E-state index is 14.0. The van der Waals surface area contributed by atoms with Crippen LogP contribution in [0, 0.1) is 13.8 Å². The van der Waals surface area contributed by atoms with Crippen LogP contribution in [-0.4, -0.2) is 42.2 Å². The molecule has 0 spiro atoms. The second-order valence-electron chi connectivity index (χ2n) is 11.0. The maximum atomic E-state index is 14.0. The molecule has 1 fully saturated rings. The molecule has 1 saturated carbocycles. The Labute approximate surface area is 239 Å². The molecule has 1 N–H and O–H groups in total. The molecule has 0 aliphatic heterocycles. The lowest BCUT2D eigenvalue weighted by Gasteiger charge is -2.32. The molecule has 0 radical (unpaired) electrons. The van der Waals surface area contributed by atoms with Gasteiger partial charge in [0.1, 0.15) is 11.8 Å². The summed E-state index contributed by atoms with van der Waals surface area (Å²) in [6, 6.07) is 17.9. The van der Waals surface area contributed by atoms with Gasteiger partial charge in [0.05, 0.1) is 18.7 Å². The van der Waals surface area contributed by atoms with Gasteiger partial charge in [-0.1, -0.05) is 43.2 Å². The topological polar surface area (TPSA) is 102 Å². The summed E-state index contributed by atoms with van der Waals surface area (Å²) in [5, 5.41) is 14.3. The van der Waals surface area contributed by atoms with E-state index in [2.05, 4.69) is 61.6 Å². The number of tetrazole rings is 1. The van der Waals surface area contributed by atoms with E-state index in [1.54, 1.807) is 13.3 Å². The number of benzene rings is 2. The van der Waals surface area contributed by atoms with Crippen LogP contribution in [-0.2, 0) is 13.1 Å². The largest absolute Gasteiger partial charge is 0.497 e. The maximum Gasteiger partial charge on any atom is 0.253 e. The average molecular weight is 550 g/mol. The molecular weight excluding hydrogens is 514 g/mol. The predicted octanol–water partition coefficient (Wildman–Crippen LogP) is 5.44. The van der Waals surface area contributed by atoms with Gasteiger partial charge in [-0.25, -0.2) is 4.68 Å². The quantitative estimate of drug-likeness (QED) is 0.261. The number of nitrogens with zero attached hydrogens (tertiary/aromatic N) is 6. The number of aryl methyl sites for hydroxylation is 2. The van der Waals surface area contributed by atoms with Gasteiger partial charge in [0, 0.05) is 36.4 Å². The summed E-state index contributed by atoms with van der Waals surface area (Å²) in [6.45, 7) is 5.21. The summed E-state index contributed by atoms with van der Waals surface area (Å²) in [5.74, 6) is 1.48. The zero-order chi connectivity index (χ0) is 28.3. The highest BCUT2D eigenvalue weighted by atomic mass is 16.5. The van der Waals surface area contributed by atoms with E-state index >= 15 is 0 Å². The molecule has 2 aromatic carbocycles. The van der Waals surface area contributed by atoms with Crippen molar-refractivity contribution in [2.45, 2.75) is 64.7 Å².